The van der Waals surface area contributed by atoms with Crippen LogP contribution in [0.1, 0.15) is 32.2 Å². The van der Waals surface area contributed by atoms with E-state index in [1.165, 1.54) is 14.2 Å². The monoisotopic (exact) mass is 424 g/mol. The average Bonchev–Trinajstić information content (AvgIpc) is 3.15. The molecule has 1 heterocycles. The number of aromatic nitrogens is 2. The molecule has 0 unspecified atom stereocenters. The molecule has 0 spiro atoms. The summed E-state index contributed by atoms with van der Waals surface area (Å²) in [5, 5.41) is 0. The molecule has 1 aromatic heterocycles. The molecule has 31 heavy (non-hydrogen) atoms. The molecule has 2 aromatic carbocycles. The van der Waals surface area contributed by atoms with Gasteiger partial charge in [-0.25, -0.2) is 9.78 Å². The summed E-state index contributed by atoms with van der Waals surface area (Å²) in [6.07, 6.45) is 1.69. The van der Waals surface area contributed by atoms with Gasteiger partial charge in [-0.1, -0.05) is 0 Å². The number of benzene rings is 2. The molecular formula is C23H24N2O6. The molecular weight excluding hydrogens is 400 g/mol. The minimum absolute atomic E-state index is 0.0918. The van der Waals surface area contributed by atoms with Gasteiger partial charge in [0.15, 0.2) is 5.78 Å². The Balaban J connectivity index is 1.72. The van der Waals surface area contributed by atoms with Crippen LogP contribution in [0.3, 0.4) is 0 Å². The molecule has 0 saturated heterocycles. The minimum atomic E-state index is -0.412. The first-order valence-electron chi connectivity index (χ1n) is 9.54. The second kappa shape index (κ2) is 9.80. The lowest BCUT2D eigenvalue weighted by Gasteiger charge is -2.13. The second-order valence-corrected chi connectivity index (χ2v) is 6.70. The smallest absolute Gasteiger partial charge is 0.337 e. The van der Waals surface area contributed by atoms with Crippen LogP contribution in [0.5, 0.6) is 17.2 Å². The number of ketones is 1. The van der Waals surface area contributed by atoms with Crippen molar-refractivity contribution < 1.29 is 28.5 Å². The molecule has 0 aliphatic heterocycles. The highest BCUT2D eigenvalue weighted by Crippen LogP contribution is 2.25. The first-order valence-corrected chi connectivity index (χ1v) is 9.54. The van der Waals surface area contributed by atoms with E-state index in [4.69, 9.17) is 14.2 Å². The van der Waals surface area contributed by atoms with Gasteiger partial charge < -0.3 is 23.5 Å². The van der Waals surface area contributed by atoms with E-state index in [0.29, 0.717) is 34.2 Å². The highest BCUT2D eigenvalue weighted by atomic mass is 16.5. The van der Waals surface area contributed by atoms with E-state index in [1.807, 2.05) is 6.92 Å². The number of nitrogens with zero attached hydrogens (tertiary/aromatic N) is 2. The van der Waals surface area contributed by atoms with E-state index >= 15 is 0 Å². The molecule has 0 fully saturated rings. The van der Waals surface area contributed by atoms with E-state index in [0.717, 1.165) is 5.69 Å². The summed E-state index contributed by atoms with van der Waals surface area (Å²) in [6, 6.07) is 11.7. The van der Waals surface area contributed by atoms with E-state index in [1.54, 1.807) is 60.3 Å². The van der Waals surface area contributed by atoms with Crippen molar-refractivity contribution in [2.75, 3.05) is 21.3 Å². The van der Waals surface area contributed by atoms with Crippen LogP contribution < -0.4 is 14.2 Å². The fraction of sp³-hybridized carbons (Fsp3) is 0.261. The van der Waals surface area contributed by atoms with Crippen molar-refractivity contribution in [1.82, 2.24) is 9.55 Å². The normalized spacial score (nSPS) is 10.5. The van der Waals surface area contributed by atoms with Crippen LogP contribution in [0, 0.1) is 6.92 Å². The van der Waals surface area contributed by atoms with Gasteiger partial charge in [0.05, 0.1) is 39.0 Å². The number of rotatable bonds is 9. The maximum Gasteiger partial charge on any atom is 0.337 e. The number of hydrogen-bond donors (Lipinski definition) is 0. The third kappa shape index (κ3) is 5.03. The topological polar surface area (TPSA) is 88.9 Å². The number of carbonyl (C=O) groups is 2. The molecule has 0 atom stereocenters. The van der Waals surface area contributed by atoms with Crippen molar-refractivity contribution in [3.8, 4) is 17.2 Å². The Morgan fingerprint density at radius 3 is 2.32 bits per heavy atom. The van der Waals surface area contributed by atoms with E-state index < -0.39 is 5.97 Å². The van der Waals surface area contributed by atoms with Gasteiger partial charge in [0, 0.05) is 18.0 Å². The summed E-state index contributed by atoms with van der Waals surface area (Å²) in [7, 11) is 4.40. The molecule has 0 N–H and O–H groups in total. The van der Waals surface area contributed by atoms with Crippen molar-refractivity contribution in [3.63, 3.8) is 0 Å². The summed E-state index contributed by atoms with van der Waals surface area (Å²) in [4.78, 5) is 28.8. The second-order valence-electron chi connectivity index (χ2n) is 6.70. The lowest BCUT2D eigenvalue weighted by molar-refractivity contribution is 0.0600. The summed E-state index contributed by atoms with van der Waals surface area (Å²) >= 11 is 0. The Hall–Kier alpha value is -3.81. The molecule has 3 rings (SSSR count). The lowest BCUT2D eigenvalue weighted by Crippen LogP contribution is -2.16. The Morgan fingerprint density at radius 2 is 1.68 bits per heavy atom. The number of esters is 1. The average molecular weight is 424 g/mol. The zero-order valence-corrected chi connectivity index (χ0v) is 17.9. The van der Waals surface area contributed by atoms with Crippen molar-refractivity contribution in [2.24, 2.45) is 0 Å². The molecule has 0 radical (unpaired) electrons. The van der Waals surface area contributed by atoms with Crippen molar-refractivity contribution in [1.29, 1.82) is 0 Å². The maximum absolute atomic E-state index is 12.9. The minimum Gasteiger partial charge on any atom is -0.497 e. The molecule has 8 heteroatoms. The maximum atomic E-state index is 12.9. The van der Waals surface area contributed by atoms with Crippen LogP contribution in [-0.4, -0.2) is 42.6 Å². The molecule has 0 saturated carbocycles. The molecule has 8 nitrogen and oxygen atoms in total. The highest BCUT2D eigenvalue weighted by Gasteiger charge is 2.17. The van der Waals surface area contributed by atoms with Crippen LogP contribution >= 0.6 is 0 Å². The summed E-state index contributed by atoms with van der Waals surface area (Å²) in [6.45, 7) is 2.13. The van der Waals surface area contributed by atoms with Crippen LogP contribution in [0.15, 0.2) is 48.7 Å². The van der Waals surface area contributed by atoms with Gasteiger partial charge in [0.2, 0.25) is 0 Å². The number of ether oxygens (including phenoxy) is 4. The number of hydrogen-bond acceptors (Lipinski definition) is 7. The SMILES string of the molecule is COC(=O)c1ccc(OCc2ncc(C)n2CC(=O)c2ccc(OC)cc2OC)cc1. The number of methoxy groups -OCH3 is 3. The predicted octanol–water partition coefficient (Wildman–Crippen LogP) is 3.46. The number of imidazole rings is 1. The molecule has 3 aromatic rings. The molecule has 0 bridgehead atoms. The third-order valence-electron chi connectivity index (χ3n) is 4.79. The van der Waals surface area contributed by atoms with E-state index in [9.17, 15) is 9.59 Å². The van der Waals surface area contributed by atoms with Crippen molar-refractivity contribution in [2.45, 2.75) is 20.1 Å². The number of carbonyl (C=O) groups excluding carboxylic acids is 2. The first kappa shape index (κ1) is 21.9. The van der Waals surface area contributed by atoms with E-state index in [2.05, 4.69) is 9.72 Å². The van der Waals surface area contributed by atoms with Gasteiger partial charge in [0.1, 0.15) is 29.7 Å². The van der Waals surface area contributed by atoms with Gasteiger partial charge in [-0.3, -0.25) is 4.79 Å². The lowest BCUT2D eigenvalue weighted by atomic mass is 10.1. The zero-order chi connectivity index (χ0) is 22.4. The summed E-state index contributed by atoms with van der Waals surface area (Å²) < 4.78 is 22.8. The quantitative estimate of drug-likeness (QED) is 0.384. The van der Waals surface area contributed by atoms with Crippen LogP contribution in [0.25, 0.3) is 0 Å². The fourth-order valence-electron chi connectivity index (χ4n) is 3.05. The van der Waals surface area contributed by atoms with Gasteiger partial charge in [-0.15, -0.1) is 0 Å². The predicted molar refractivity (Wildman–Crippen MR) is 113 cm³/mol. The van der Waals surface area contributed by atoms with Gasteiger partial charge >= 0.3 is 5.97 Å². The Labute approximate surface area is 180 Å². The van der Waals surface area contributed by atoms with Crippen LogP contribution in [0.4, 0.5) is 0 Å². The number of Topliss-reactive ketones (excluding diaryl/α,β-unsaturated/α-hetero) is 1. The third-order valence-corrected chi connectivity index (χ3v) is 4.79. The molecule has 162 valence electrons. The first-order chi connectivity index (χ1) is 15.0. The fourth-order valence-corrected chi connectivity index (χ4v) is 3.05. The van der Waals surface area contributed by atoms with Gasteiger partial charge in [-0.05, 0) is 43.3 Å². The van der Waals surface area contributed by atoms with E-state index in [-0.39, 0.29) is 18.9 Å². The van der Waals surface area contributed by atoms with Gasteiger partial charge in [-0.2, -0.15) is 0 Å². The van der Waals surface area contributed by atoms with Crippen LogP contribution in [-0.2, 0) is 17.9 Å². The summed E-state index contributed by atoms with van der Waals surface area (Å²) in [5.74, 6) is 1.71. The Kier molecular flexibility index (Phi) is 6.92. The Morgan fingerprint density at radius 1 is 0.968 bits per heavy atom. The van der Waals surface area contributed by atoms with Crippen LogP contribution in [0.2, 0.25) is 0 Å². The Bertz CT molecular complexity index is 1070. The zero-order valence-electron chi connectivity index (χ0n) is 17.9. The van der Waals surface area contributed by atoms with Gasteiger partial charge in [0.25, 0.3) is 0 Å². The standard InChI is InChI=1S/C23H24N2O6/c1-15-12-24-22(14-31-17-7-5-16(6-8-17)23(27)30-4)25(15)13-20(26)19-10-9-18(28-2)11-21(19)29-3/h5-12H,13-14H2,1-4H3. The summed E-state index contributed by atoms with van der Waals surface area (Å²) in [5.41, 5.74) is 1.73. The number of aryl methyl sites for hydroxylation is 1. The van der Waals surface area contributed by atoms with Crippen molar-refractivity contribution >= 4 is 11.8 Å². The molecule has 0 aliphatic carbocycles. The molecule has 0 aliphatic rings. The largest absolute Gasteiger partial charge is 0.497 e. The highest BCUT2D eigenvalue weighted by molar-refractivity contribution is 5.98. The van der Waals surface area contributed by atoms with Crippen molar-refractivity contribution in [3.05, 3.63) is 71.3 Å². The molecule has 0 amide bonds.